The van der Waals surface area contributed by atoms with E-state index in [4.69, 9.17) is 0 Å². The van der Waals surface area contributed by atoms with Crippen molar-refractivity contribution in [1.82, 2.24) is 19.9 Å². The van der Waals surface area contributed by atoms with Gasteiger partial charge in [-0.2, -0.15) is 0 Å². The lowest BCUT2D eigenvalue weighted by Crippen LogP contribution is -2.34. The number of nitrogens with zero attached hydrogens (tertiary/aromatic N) is 3. The highest BCUT2D eigenvalue weighted by Crippen LogP contribution is 2.25. The van der Waals surface area contributed by atoms with Gasteiger partial charge in [-0.1, -0.05) is 6.07 Å². The summed E-state index contributed by atoms with van der Waals surface area (Å²) in [7, 11) is 1.71. The van der Waals surface area contributed by atoms with Crippen molar-refractivity contribution in [3.05, 3.63) is 87.6 Å². The maximum Gasteiger partial charge on any atom is 0.327 e. The molecule has 3 amide bonds. The number of hydrogen-bond acceptors (Lipinski definition) is 5. The minimum Gasteiger partial charge on any atom is -0.311 e. The van der Waals surface area contributed by atoms with Crippen LogP contribution in [0.2, 0.25) is 0 Å². The second-order valence-electron chi connectivity index (χ2n) is 7.96. The Bertz CT molecular complexity index is 1470. The Morgan fingerprint density at radius 1 is 0.939 bits per heavy atom. The van der Waals surface area contributed by atoms with Crippen LogP contribution in [0, 0.1) is 20.8 Å². The maximum atomic E-state index is 13.1. The summed E-state index contributed by atoms with van der Waals surface area (Å²) in [6.45, 7) is 5.61. The third-order valence-corrected chi connectivity index (χ3v) is 5.42. The average Bonchev–Trinajstić information content (AvgIpc) is 2.77. The molecule has 0 saturated heterocycles. The SMILES string of the molecule is Cc1ccnc(NC(=O)NC(=O)c2ccc(C)c(-c3cc4cnc(C)cc4n(C)c3=O)c2)c1. The average molecular weight is 441 g/mol. The van der Waals surface area contributed by atoms with Gasteiger partial charge in [0.25, 0.3) is 11.5 Å². The van der Waals surface area contributed by atoms with E-state index in [1.54, 1.807) is 60.4 Å². The van der Waals surface area contributed by atoms with Crippen molar-refractivity contribution in [3.63, 3.8) is 0 Å². The number of carbonyl (C=O) groups is 2. The molecule has 1 aromatic carbocycles. The topological polar surface area (TPSA) is 106 Å². The molecule has 3 aromatic heterocycles. The zero-order valence-electron chi connectivity index (χ0n) is 18.8. The molecule has 3 heterocycles. The fourth-order valence-corrected chi connectivity index (χ4v) is 3.64. The first-order valence-electron chi connectivity index (χ1n) is 10.4. The summed E-state index contributed by atoms with van der Waals surface area (Å²) >= 11 is 0. The van der Waals surface area contributed by atoms with E-state index in [-0.39, 0.29) is 11.1 Å². The molecule has 0 aliphatic rings. The quantitative estimate of drug-likeness (QED) is 0.502. The minimum absolute atomic E-state index is 0.183. The lowest BCUT2D eigenvalue weighted by molar-refractivity contribution is 0.0967. The predicted octanol–water partition coefficient (Wildman–Crippen LogP) is 3.88. The number of fused-ring (bicyclic) bond motifs is 1. The van der Waals surface area contributed by atoms with Crippen LogP contribution in [0.3, 0.4) is 0 Å². The number of urea groups is 1. The summed E-state index contributed by atoms with van der Waals surface area (Å²) in [5.41, 5.74) is 4.50. The van der Waals surface area contributed by atoms with Crippen molar-refractivity contribution < 1.29 is 9.59 Å². The van der Waals surface area contributed by atoms with Crippen LogP contribution >= 0.6 is 0 Å². The third-order valence-electron chi connectivity index (χ3n) is 5.42. The molecule has 0 fully saturated rings. The molecule has 0 spiro atoms. The number of amides is 3. The number of aryl methyl sites for hydroxylation is 4. The minimum atomic E-state index is -0.691. The summed E-state index contributed by atoms with van der Waals surface area (Å²) in [5.74, 6) is -0.246. The van der Waals surface area contributed by atoms with E-state index in [0.717, 1.165) is 27.7 Å². The molecule has 8 nitrogen and oxygen atoms in total. The number of carbonyl (C=O) groups excluding carboxylic acids is 2. The van der Waals surface area contributed by atoms with Crippen LogP contribution in [-0.4, -0.2) is 26.5 Å². The van der Waals surface area contributed by atoms with Crippen molar-refractivity contribution in [2.45, 2.75) is 20.8 Å². The number of anilines is 1. The number of imide groups is 1. The highest BCUT2D eigenvalue weighted by atomic mass is 16.2. The smallest absolute Gasteiger partial charge is 0.311 e. The Hall–Kier alpha value is -4.33. The van der Waals surface area contributed by atoms with E-state index in [9.17, 15) is 14.4 Å². The van der Waals surface area contributed by atoms with Gasteiger partial charge in [0.2, 0.25) is 0 Å². The number of nitrogens with one attached hydrogen (secondary N) is 2. The van der Waals surface area contributed by atoms with E-state index >= 15 is 0 Å². The first kappa shape index (κ1) is 21.9. The fraction of sp³-hybridized carbons (Fsp3) is 0.160. The monoisotopic (exact) mass is 441 g/mol. The maximum absolute atomic E-state index is 13.1. The van der Waals surface area contributed by atoms with Gasteiger partial charge in [-0.15, -0.1) is 0 Å². The van der Waals surface area contributed by atoms with E-state index in [1.807, 2.05) is 26.8 Å². The van der Waals surface area contributed by atoms with Gasteiger partial charge in [0.1, 0.15) is 5.82 Å². The Kier molecular flexibility index (Phi) is 5.74. The van der Waals surface area contributed by atoms with Crippen LogP contribution in [0.1, 0.15) is 27.2 Å². The highest BCUT2D eigenvalue weighted by Gasteiger charge is 2.16. The molecule has 0 atom stereocenters. The molecule has 0 unspecified atom stereocenters. The van der Waals surface area contributed by atoms with Crippen LogP contribution in [0.4, 0.5) is 10.6 Å². The molecule has 33 heavy (non-hydrogen) atoms. The summed E-state index contributed by atoms with van der Waals surface area (Å²) in [5, 5.41) is 5.66. The Morgan fingerprint density at radius 3 is 2.48 bits per heavy atom. The largest absolute Gasteiger partial charge is 0.327 e. The van der Waals surface area contributed by atoms with Crippen molar-refractivity contribution in [3.8, 4) is 11.1 Å². The number of hydrogen-bond donors (Lipinski definition) is 2. The van der Waals surface area contributed by atoms with Gasteiger partial charge in [-0.25, -0.2) is 9.78 Å². The van der Waals surface area contributed by atoms with Gasteiger partial charge in [0.15, 0.2) is 0 Å². The lowest BCUT2D eigenvalue weighted by Gasteiger charge is -2.13. The van der Waals surface area contributed by atoms with Gasteiger partial charge in [-0.05, 0) is 73.9 Å². The normalized spacial score (nSPS) is 10.8. The Morgan fingerprint density at radius 2 is 1.73 bits per heavy atom. The molecule has 8 heteroatoms. The molecule has 0 saturated carbocycles. The Balaban J connectivity index is 1.65. The predicted molar refractivity (Wildman–Crippen MR) is 127 cm³/mol. The van der Waals surface area contributed by atoms with Crippen LogP contribution < -0.4 is 16.2 Å². The molecule has 0 bridgehead atoms. The van der Waals surface area contributed by atoms with E-state index < -0.39 is 11.9 Å². The second-order valence-corrected chi connectivity index (χ2v) is 7.96. The number of rotatable bonds is 3. The summed E-state index contributed by atoms with van der Waals surface area (Å²) < 4.78 is 1.58. The van der Waals surface area contributed by atoms with Crippen molar-refractivity contribution in [2.24, 2.45) is 7.05 Å². The first-order chi connectivity index (χ1) is 15.7. The van der Waals surface area contributed by atoms with Crippen molar-refractivity contribution in [2.75, 3.05) is 5.32 Å². The van der Waals surface area contributed by atoms with Crippen LogP contribution in [0.25, 0.3) is 22.0 Å². The molecular weight excluding hydrogens is 418 g/mol. The second kappa shape index (κ2) is 8.66. The highest BCUT2D eigenvalue weighted by molar-refractivity contribution is 6.08. The molecule has 0 aliphatic heterocycles. The van der Waals surface area contributed by atoms with Crippen LogP contribution in [0.5, 0.6) is 0 Å². The third kappa shape index (κ3) is 4.50. The molecule has 2 N–H and O–H groups in total. The first-order valence-corrected chi connectivity index (χ1v) is 10.4. The van der Waals surface area contributed by atoms with Gasteiger partial charge < -0.3 is 4.57 Å². The van der Waals surface area contributed by atoms with Crippen LogP contribution in [0.15, 0.2) is 59.7 Å². The molecule has 0 aliphatic carbocycles. The molecule has 166 valence electrons. The van der Waals surface area contributed by atoms with Crippen molar-refractivity contribution >= 4 is 28.7 Å². The molecular formula is C25H23N5O3. The molecule has 4 aromatic rings. The Labute approximate surface area is 190 Å². The number of benzene rings is 1. The van der Waals surface area contributed by atoms with E-state index in [2.05, 4.69) is 20.6 Å². The van der Waals surface area contributed by atoms with Gasteiger partial charge >= 0.3 is 6.03 Å². The lowest BCUT2D eigenvalue weighted by atomic mass is 9.97. The number of pyridine rings is 3. The fourth-order valence-electron chi connectivity index (χ4n) is 3.64. The van der Waals surface area contributed by atoms with Crippen molar-refractivity contribution in [1.29, 1.82) is 0 Å². The zero-order chi connectivity index (χ0) is 23.7. The molecule has 4 rings (SSSR count). The number of aromatic nitrogens is 3. The summed E-state index contributed by atoms with van der Waals surface area (Å²) in [6, 6.07) is 11.4. The summed E-state index contributed by atoms with van der Waals surface area (Å²) in [6.07, 6.45) is 3.29. The summed E-state index contributed by atoms with van der Waals surface area (Å²) in [4.78, 5) is 46.5. The van der Waals surface area contributed by atoms with E-state index in [1.165, 1.54) is 0 Å². The standard InChI is InChI=1S/C25H23N5O3/c1-14-7-8-26-22(9-14)28-25(33)29-23(31)17-6-5-15(2)19(11-17)20-12-18-13-27-16(3)10-21(18)30(4)24(20)32/h5-13H,1-4H3,(H2,26,28,29,31,33). The van der Waals surface area contributed by atoms with Gasteiger partial charge in [-0.3, -0.25) is 25.2 Å². The van der Waals surface area contributed by atoms with Gasteiger partial charge in [0.05, 0.1) is 5.52 Å². The van der Waals surface area contributed by atoms with Crippen LogP contribution in [-0.2, 0) is 7.05 Å². The van der Waals surface area contributed by atoms with E-state index in [0.29, 0.717) is 16.9 Å². The molecule has 0 radical (unpaired) electrons. The zero-order valence-corrected chi connectivity index (χ0v) is 18.8. The van der Waals surface area contributed by atoms with Gasteiger partial charge in [0, 0.05) is 41.6 Å².